The fraction of sp³-hybridized carbons (Fsp3) is 0.571. The third kappa shape index (κ3) is 2.34. The quantitative estimate of drug-likeness (QED) is 0.505. The molecule has 1 aliphatic heterocycles. The number of esters is 1. The molecule has 0 aromatic heterocycles. The van der Waals surface area contributed by atoms with Crippen molar-refractivity contribution < 1.29 is 27.4 Å². The van der Waals surface area contributed by atoms with Gasteiger partial charge in [-0.05, 0) is 0 Å². The maximum atomic E-state index is 12.4. The number of carbonyl (C=O) groups is 1. The molecule has 1 heterocycles. The highest BCUT2D eigenvalue weighted by Crippen LogP contribution is 2.36. The fourth-order valence-corrected chi connectivity index (χ4v) is 1.73. The number of hydrogen-bond donors (Lipinski definition) is 0. The molecular formula is C7H7F3O3S. The highest BCUT2D eigenvalue weighted by molar-refractivity contribution is 8.03. The monoisotopic (exact) mass is 228 g/mol. The van der Waals surface area contributed by atoms with Crippen molar-refractivity contribution >= 4 is 17.7 Å². The van der Waals surface area contributed by atoms with Gasteiger partial charge in [0.2, 0.25) is 0 Å². The van der Waals surface area contributed by atoms with E-state index in [2.05, 4.69) is 9.47 Å². The van der Waals surface area contributed by atoms with Gasteiger partial charge in [-0.15, -0.1) is 0 Å². The number of rotatable bonds is 1. The molecule has 0 aliphatic carbocycles. The molecular weight excluding hydrogens is 221 g/mol. The van der Waals surface area contributed by atoms with Crippen LogP contribution in [-0.2, 0) is 14.3 Å². The van der Waals surface area contributed by atoms with Crippen molar-refractivity contribution in [3.8, 4) is 0 Å². The lowest BCUT2D eigenvalue weighted by atomic mass is 10.3. The Balaban J connectivity index is 3.04. The summed E-state index contributed by atoms with van der Waals surface area (Å²) >= 11 is 0.858. The van der Waals surface area contributed by atoms with E-state index >= 15 is 0 Å². The molecule has 0 saturated carbocycles. The number of thioether (sulfide) groups is 1. The van der Waals surface area contributed by atoms with Crippen molar-refractivity contribution in [1.29, 1.82) is 0 Å². The highest BCUT2D eigenvalue weighted by atomic mass is 32.2. The molecule has 14 heavy (non-hydrogen) atoms. The standard InChI is InChI=1S/C7H7F3O3S/c1-12-5(11)4(7(8,9)10)6-13-2-3-14-6/h2-3H2,1H3/b6-4+. The van der Waals surface area contributed by atoms with E-state index in [0.29, 0.717) is 5.75 Å². The molecule has 0 radical (unpaired) electrons. The van der Waals surface area contributed by atoms with Crippen LogP contribution in [-0.4, -0.2) is 31.6 Å². The van der Waals surface area contributed by atoms with Gasteiger partial charge in [-0.2, -0.15) is 13.2 Å². The molecule has 0 unspecified atom stereocenters. The summed E-state index contributed by atoms with van der Waals surface area (Å²) in [5.41, 5.74) is -1.36. The lowest BCUT2D eigenvalue weighted by molar-refractivity contribution is -0.148. The summed E-state index contributed by atoms with van der Waals surface area (Å²) in [5, 5.41) is -0.399. The molecule has 0 aromatic rings. The van der Waals surface area contributed by atoms with E-state index in [9.17, 15) is 18.0 Å². The van der Waals surface area contributed by atoms with E-state index in [4.69, 9.17) is 0 Å². The van der Waals surface area contributed by atoms with Crippen LogP contribution in [0, 0.1) is 0 Å². The van der Waals surface area contributed by atoms with Crippen LogP contribution >= 0.6 is 11.8 Å². The second kappa shape index (κ2) is 4.12. The zero-order valence-electron chi connectivity index (χ0n) is 7.18. The third-order valence-corrected chi connectivity index (χ3v) is 2.38. The minimum Gasteiger partial charge on any atom is -0.486 e. The Labute approximate surface area is 82.2 Å². The number of methoxy groups -OCH3 is 1. The second-order valence-electron chi connectivity index (χ2n) is 2.35. The van der Waals surface area contributed by atoms with E-state index < -0.39 is 22.8 Å². The fourth-order valence-electron chi connectivity index (χ4n) is 0.872. The molecule has 1 saturated heterocycles. The summed E-state index contributed by atoms with van der Waals surface area (Å²) in [6.07, 6.45) is -4.74. The van der Waals surface area contributed by atoms with Crippen molar-refractivity contribution in [3.05, 3.63) is 10.7 Å². The van der Waals surface area contributed by atoms with Gasteiger partial charge >= 0.3 is 12.1 Å². The Bertz CT molecular complexity index is 264. The van der Waals surface area contributed by atoms with E-state index in [1.54, 1.807) is 0 Å². The van der Waals surface area contributed by atoms with Gasteiger partial charge in [-0.3, -0.25) is 0 Å². The van der Waals surface area contributed by atoms with Gasteiger partial charge in [0.25, 0.3) is 0 Å². The predicted octanol–water partition coefficient (Wildman–Crippen LogP) is 1.70. The average molecular weight is 228 g/mol. The summed E-state index contributed by atoms with van der Waals surface area (Å²) in [7, 11) is 0.897. The normalized spacial score (nSPS) is 20.3. The first-order valence-corrected chi connectivity index (χ1v) is 4.60. The SMILES string of the molecule is COC(=O)/C(=C1/OCCS1)C(F)(F)F. The first-order valence-electron chi connectivity index (χ1n) is 3.62. The molecule has 0 aromatic carbocycles. The average Bonchev–Trinajstić information content (AvgIpc) is 2.54. The summed E-state index contributed by atoms with van der Waals surface area (Å²) < 4.78 is 45.8. The summed E-state index contributed by atoms with van der Waals surface area (Å²) in [6.45, 7) is 0.177. The smallest absolute Gasteiger partial charge is 0.427 e. The van der Waals surface area contributed by atoms with Crippen LogP contribution in [0.25, 0.3) is 0 Å². The van der Waals surface area contributed by atoms with Crippen molar-refractivity contribution in [2.24, 2.45) is 0 Å². The van der Waals surface area contributed by atoms with Crippen LogP contribution in [0.15, 0.2) is 10.7 Å². The van der Waals surface area contributed by atoms with Gasteiger partial charge in [-0.25, -0.2) is 4.79 Å². The molecule has 0 amide bonds. The van der Waals surface area contributed by atoms with Crippen LogP contribution in [0.2, 0.25) is 0 Å². The van der Waals surface area contributed by atoms with Crippen LogP contribution in [0.4, 0.5) is 13.2 Å². The van der Waals surface area contributed by atoms with Gasteiger partial charge in [0.15, 0.2) is 10.7 Å². The van der Waals surface area contributed by atoms with E-state index in [1.807, 2.05) is 0 Å². The molecule has 0 bridgehead atoms. The van der Waals surface area contributed by atoms with Gasteiger partial charge < -0.3 is 9.47 Å². The number of ether oxygens (including phenoxy) is 2. The Hall–Kier alpha value is -0.850. The van der Waals surface area contributed by atoms with Gasteiger partial charge in [0.1, 0.15) is 0 Å². The maximum Gasteiger partial charge on any atom is 0.427 e. The Kier molecular flexibility index (Phi) is 3.30. The molecule has 0 N–H and O–H groups in total. The van der Waals surface area contributed by atoms with Crippen molar-refractivity contribution in [2.45, 2.75) is 6.18 Å². The number of hydrogen-bond acceptors (Lipinski definition) is 4. The van der Waals surface area contributed by atoms with E-state index in [0.717, 1.165) is 18.9 Å². The Morgan fingerprint density at radius 3 is 2.57 bits per heavy atom. The molecule has 1 rings (SSSR count). The van der Waals surface area contributed by atoms with Crippen molar-refractivity contribution in [1.82, 2.24) is 0 Å². The number of carbonyl (C=O) groups excluding carboxylic acids is 1. The van der Waals surface area contributed by atoms with Gasteiger partial charge in [0.05, 0.1) is 13.7 Å². The minimum atomic E-state index is -4.74. The molecule has 7 heteroatoms. The maximum absolute atomic E-state index is 12.4. The molecule has 0 spiro atoms. The van der Waals surface area contributed by atoms with Crippen LogP contribution in [0.5, 0.6) is 0 Å². The van der Waals surface area contributed by atoms with E-state index in [1.165, 1.54) is 0 Å². The van der Waals surface area contributed by atoms with Crippen LogP contribution in [0.3, 0.4) is 0 Å². The number of halogens is 3. The lowest BCUT2D eigenvalue weighted by Gasteiger charge is -2.11. The minimum absolute atomic E-state index is 0.177. The molecule has 1 fully saturated rings. The Morgan fingerprint density at radius 2 is 2.21 bits per heavy atom. The van der Waals surface area contributed by atoms with Crippen LogP contribution < -0.4 is 0 Å². The summed E-state index contributed by atoms with van der Waals surface area (Å²) in [6, 6.07) is 0. The van der Waals surface area contributed by atoms with Gasteiger partial charge in [-0.1, -0.05) is 11.8 Å². The van der Waals surface area contributed by atoms with E-state index in [-0.39, 0.29) is 6.61 Å². The largest absolute Gasteiger partial charge is 0.486 e. The Morgan fingerprint density at radius 1 is 1.57 bits per heavy atom. The zero-order valence-corrected chi connectivity index (χ0v) is 8.00. The second-order valence-corrected chi connectivity index (χ2v) is 3.42. The van der Waals surface area contributed by atoms with Crippen molar-refractivity contribution in [2.75, 3.05) is 19.5 Å². The predicted molar refractivity (Wildman–Crippen MR) is 43.5 cm³/mol. The summed E-state index contributed by atoms with van der Waals surface area (Å²) in [5.74, 6) is -1.01. The van der Waals surface area contributed by atoms with Crippen LogP contribution in [0.1, 0.15) is 0 Å². The van der Waals surface area contributed by atoms with Crippen molar-refractivity contribution in [3.63, 3.8) is 0 Å². The molecule has 0 atom stereocenters. The van der Waals surface area contributed by atoms with Gasteiger partial charge in [0, 0.05) is 5.75 Å². The third-order valence-electron chi connectivity index (χ3n) is 1.43. The first-order chi connectivity index (χ1) is 6.46. The highest BCUT2D eigenvalue weighted by Gasteiger charge is 2.44. The molecule has 1 aliphatic rings. The molecule has 3 nitrogen and oxygen atoms in total. The zero-order chi connectivity index (χ0) is 10.8. The first kappa shape index (κ1) is 11.2. The lowest BCUT2D eigenvalue weighted by Crippen LogP contribution is -2.22. The summed E-state index contributed by atoms with van der Waals surface area (Å²) in [4.78, 5) is 10.9. The molecule has 80 valence electrons. The topological polar surface area (TPSA) is 35.5 Å². The number of alkyl halides is 3.